The number of ether oxygens (including phenoxy) is 1. The zero-order chi connectivity index (χ0) is 13.2. The molecule has 2 aromatic rings. The molecule has 2 heterocycles. The van der Waals surface area contributed by atoms with Gasteiger partial charge in [0.25, 0.3) is 0 Å². The van der Waals surface area contributed by atoms with E-state index < -0.39 is 0 Å². The van der Waals surface area contributed by atoms with Crippen LogP contribution in [0, 0.1) is 3.57 Å². The van der Waals surface area contributed by atoms with Gasteiger partial charge in [-0.1, -0.05) is 11.6 Å². The monoisotopic (exact) mass is 389 g/mol. The lowest BCUT2D eigenvalue weighted by molar-refractivity contribution is -0.0311. The molecule has 0 aliphatic carbocycles. The highest BCUT2D eigenvalue weighted by atomic mass is 127. The van der Waals surface area contributed by atoms with Crippen LogP contribution in [0.4, 0.5) is 0 Å². The highest BCUT2D eigenvalue weighted by molar-refractivity contribution is 14.1. The molecule has 100 valence electrons. The van der Waals surface area contributed by atoms with Crippen LogP contribution in [0.5, 0.6) is 0 Å². The van der Waals surface area contributed by atoms with Crippen LogP contribution < -0.4 is 0 Å². The van der Waals surface area contributed by atoms with Crippen molar-refractivity contribution in [1.29, 1.82) is 0 Å². The Balaban J connectivity index is 1.98. The smallest absolute Gasteiger partial charge is 0.165 e. The minimum absolute atomic E-state index is 0.0374. The summed E-state index contributed by atoms with van der Waals surface area (Å²) in [7, 11) is 0. The molecule has 4 nitrogen and oxygen atoms in total. The van der Waals surface area contributed by atoms with Crippen molar-refractivity contribution >= 4 is 34.2 Å². The average molecular weight is 390 g/mol. The van der Waals surface area contributed by atoms with Gasteiger partial charge in [0, 0.05) is 20.8 Å². The van der Waals surface area contributed by atoms with Crippen LogP contribution in [0.2, 0.25) is 5.02 Å². The number of aromatic nitrogens is 3. The average Bonchev–Trinajstić information content (AvgIpc) is 2.88. The van der Waals surface area contributed by atoms with E-state index in [4.69, 9.17) is 16.3 Å². The van der Waals surface area contributed by atoms with E-state index in [1.54, 1.807) is 6.33 Å². The fraction of sp³-hybridized carbons (Fsp3) is 0.385. The molecule has 0 spiro atoms. The van der Waals surface area contributed by atoms with Crippen molar-refractivity contribution in [2.24, 2.45) is 0 Å². The molecule has 1 aliphatic heterocycles. The molecule has 1 aromatic heterocycles. The van der Waals surface area contributed by atoms with E-state index in [0.29, 0.717) is 5.02 Å². The van der Waals surface area contributed by atoms with Gasteiger partial charge >= 0.3 is 0 Å². The molecule has 6 heteroatoms. The van der Waals surface area contributed by atoms with Gasteiger partial charge in [-0.3, -0.25) is 4.57 Å². The van der Waals surface area contributed by atoms with Crippen molar-refractivity contribution in [3.63, 3.8) is 0 Å². The van der Waals surface area contributed by atoms with Crippen molar-refractivity contribution < 1.29 is 4.74 Å². The molecule has 1 aromatic carbocycles. The summed E-state index contributed by atoms with van der Waals surface area (Å²) in [5.41, 5.74) is 0.976. The van der Waals surface area contributed by atoms with Gasteiger partial charge in [0.2, 0.25) is 0 Å². The number of halogens is 2. The minimum atomic E-state index is 0.0374. The summed E-state index contributed by atoms with van der Waals surface area (Å²) in [5, 5.41) is 8.94. The Kier molecular flexibility index (Phi) is 4.04. The molecule has 0 amide bonds. The second-order valence-electron chi connectivity index (χ2n) is 4.54. The van der Waals surface area contributed by atoms with Crippen molar-refractivity contribution in [2.75, 3.05) is 6.61 Å². The fourth-order valence-electron chi connectivity index (χ4n) is 2.29. The van der Waals surface area contributed by atoms with E-state index in [0.717, 1.165) is 34.4 Å². The summed E-state index contributed by atoms with van der Waals surface area (Å²) in [6.45, 7) is 0.801. The van der Waals surface area contributed by atoms with Gasteiger partial charge in [-0.25, -0.2) is 0 Å². The summed E-state index contributed by atoms with van der Waals surface area (Å²) >= 11 is 8.36. The third-order valence-electron chi connectivity index (χ3n) is 3.16. The lowest BCUT2D eigenvalue weighted by Gasteiger charge is -2.24. The molecular formula is C13H13ClIN3O. The third kappa shape index (κ3) is 2.93. The lowest BCUT2D eigenvalue weighted by Crippen LogP contribution is -2.18. The standard InChI is InChI=1S/C13H13ClIN3O/c14-10-5-9(6-11(15)7-10)13-17-16-8-18(13)12-3-1-2-4-19-12/h5-8,12H,1-4H2. The maximum Gasteiger partial charge on any atom is 0.165 e. The largest absolute Gasteiger partial charge is 0.358 e. The molecule has 3 rings (SSSR count). The topological polar surface area (TPSA) is 39.9 Å². The van der Waals surface area contributed by atoms with Crippen LogP contribution in [0.25, 0.3) is 11.4 Å². The second kappa shape index (κ2) is 5.76. The number of hydrogen-bond acceptors (Lipinski definition) is 3. The molecule has 0 bridgehead atoms. The van der Waals surface area contributed by atoms with Gasteiger partial charge in [-0.2, -0.15) is 0 Å². The Morgan fingerprint density at radius 1 is 1.32 bits per heavy atom. The molecular weight excluding hydrogens is 377 g/mol. The molecule has 19 heavy (non-hydrogen) atoms. The van der Waals surface area contributed by atoms with Crippen LogP contribution in [0.15, 0.2) is 24.5 Å². The summed E-state index contributed by atoms with van der Waals surface area (Å²) in [5.74, 6) is 0.812. The number of benzene rings is 1. The summed E-state index contributed by atoms with van der Waals surface area (Å²) in [6, 6.07) is 5.88. The van der Waals surface area contributed by atoms with E-state index in [1.807, 2.05) is 16.7 Å². The van der Waals surface area contributed by atoms with E-state index >= 15 is 0 Å². The minimum Gasteiger partial charge on any atom is -0.358 e. The Bertz CT molecular complexity index is 561. The van der Waals surface area contributed by atoms with Gasteiger partial charge in [-0.15, -0.1) is 10.2 Å². The molecule has 0 N–H and O–H groups in total. The van der Waals surface area contributed by atoms with Gasteiger partial charge in [0.15, 0.2) is 5.82 Å². The molecule has 0 radical (unpaired) electrons. The molecule has 1 unspecified atom stereocenters. The summed E-state index contributed by atoms with van der Waals surface area (Å²) in [6.07, 6.45) is 5.08. The first kappa shape index (κ1) is 13.3. The number of nitrogens with zero attached hydrogens (tertiary/aromatic N) is 3. The van der Waals surface area contributed by atoms with E-state index in [9.17, 15) is 0 Å². The maximum atomic E-state index is 6.11. The number of rotatable bonds is 2. The Labute approximate surface area is 130 Å². The predicted molar refractivity (Wildman–Crippen MR) is 82.0 cm³/mol. The lowest BCUT2D eigenvalue weighted by atomic mass is 10.1. The maximum absolute atomic E-state index is 6.11. The van der Waals surface area contributed by atoms with Gasteiger partial charge in [0.05, 0.1) is 0 Å². The van der Waals surface area contributed by atoms with Crippen LogP contribution in [-0.2, 0) is 4.74 Å². The summed E-state index contributed by atoms with van der Waals surface area (Å²) in [4.78, 5) is 0. The van der Waals surface area contributed by atoms with E-state index in [2.05, 4.69) is 38.9 Å². The Hall–Kier alpha value is -0.660. The van der Waals surface area contributed by atoms with Gasteiger partial charge in [0.1, 0.15) is 12.6 Å². The molecule has 1 aliphatic rings. The van der Waals surface area contributed by atoms with Crippen molar-refractivity contribution in [2.45, 2.75) is 25.5 Å². The SMILES string of the molecule is Clc1cc(I)cc(-c2nncn2C2CCCCO2)c1. The quantitative estimate of drug-likeness (QED) is 0.731. The van der Waals surface area contributed by atoms with E-state index in [-0.39, 0.29) is 6.23 Å². The van der Waals surface area contributed by atoms with Crippen LogP contribution in [0.3, 0.4) is 0 Å². The van der Waals surface area contributed by atoms with Crippen molar-refractivity contribution in [3.05, 3.63) is 33.1 Å². The zero-order valence-electron chi connectivity index (χ0n) is 10.2. The Morgan fingerprint density at radius 3 is 2.95 bits per heavy atom. The number of hydrogen-bond donors (Lipinski definition) is 0. The highest BCUT2D eigenvalue weighted by Crippen LogP contribution is 2.29. The first-order valence-corrected chi connectivity index (χ1v) is 7.67. The van der Waals surface area contributed by atoms with Crippen LogP contribution in [0.1, 0.15) is 25.5 Å². The Morgan fingerprint density at radius 2 is 2.21 bits per heavy atom. The van der Waals surface area contributed by atoms with Crippen molar-refractivity contribution in [3.8, 4) is 11.4 Å². The van der Waals surface area contributed by atoms with Crippen molar-refractivity contribution in [1.82, 2.24) is 14.8 Å². The van der Waals surface area contributed by atoms with E-state index in [1.165, 1.54) is 6.42 Å². The van der Waals surface area contributed by atoms with Gasteiger partial charge in [-0.05, 0) is 60.1 Å². The highest BCUT2D eigenvalue weighted by Gasteiger charge is 2.20. The van der Waals surface area contributed by atoms with Gasteiger partial charge < -0.3 is 4.74 Å². The predicted octanol–water partition coefficient (Wildman–Crippen LogP) is 3.90. The zero-order valence-corrected chi connectivity index (χ0v) is 13.1. The molecule has 1 atom stereocenters. The molecule has 1 fully saturated rings. The third-order valence-corrected chi connectivity index (χ3v) is 4.00. The second-order valence-corrected chi connectivity index (χ2v) is 6.22. The normalized spacial score (nSPS) is 19.6. The fourth-order valence-corrected chi connectivity index (χ4v) is 3.38. The van der Waals surface area contributed by atoms with Crippen LogP contribution in [-0.4, -0.2) is 21.4 Å². The molecule has 1 saturated heterocycles. The molecule has 0 saturated carbocycles. The summed E-state index contributed by atoms with van der Waals surface area (Å²) < 4.78 is 8.88. The first-order valence-electron chi connectivity index (χ1n) is 6.21. The first-order chi connectivity index (χ1) is 9.24. The van der Waals surface area contributed by atoms with Crippen LogP contribution >= 0.6 is 34.2 Å².